The fourth-order valence-corrected chi connectivity index (χ4v) is 7.11. The number of unbranched alkanes of at least 4 members (excludes halogenated alkanes) is 1. The van der Waals surface area contributed by atoms with E-state index in [1.807, 2.05) is 59.5 Å². The van der Waals surface area contributed by atoms with E-state index in [1.54, 1.807) is 23.7 Å². The molecule has 3 aromatic carbocycles. The summed E-state index contributed by atoms with van der Waals surface area (Å²) >= 11 is 1.29. The highest BCUT2D eigenvalue weighted by atomic mass is 32.2. The molecule has 0 unspecified atom stereocenters. The minimum absolute atomic E-state index is 0.0130. The maximum atomic E-state index is 14.4. The first-order valence-electron chi connectivity index (χ1n) is 12.2. The fourth-order valence-electron chi connectivity index (χ4n) is 4.68. The summed E-state index contributed by atoms with van der Waals surface area (Å²) < 4.78 is 35.5. The maximum Gasteiger partial charge on any atom is 0.336 e. The Bertz CT molecular complexity index is 1340. The molecule has 1 atom stereocenters. The van der Waals surface area contributed by atoms with Gasteiger partial charge in [-0.2, -0.15) is 4.31 Å². The zero-order valence-corrected chi connectivity index (χ0v) is 22.9. The van der Waals surface area contributed by atoms with Crippen LogP contribution in [0.5, 0.6) is 5.75 Å². The summed E-state index contributed by atoms with van der Waals surface area (Å²) in [4.78, 5) is 14.7. The van der Waals surface area contributed by atoms with Gasteiger partial charge in [0.05, 0.1) is 18.4 Å². The first kappa shape index (κ1) is 27.0. The van der Waals surface area contributed by atoms with Gasteiger partial charge in [-0.15, -0.1) is 11.8 Å². The van der Waals surface area contributed by atoms with E-state index in [2.05, 4.69) is 6.92 Å². The van der Waals surface area contributed by atoms with Gasteiger partial charge in [0, 0.05) is 29.7 Å². The number of carbonyl (C=O) groups is 1. The Morgan fingerprint density at radius 3 is 2.41 bits per heavy atom. The number of thioether (sulfide) groups is 1. The molecule has 0 spiro atoms. The lowest BCUT2D eigenvalue weighted by molar-refractivity contribution is 0.0693. The van der Waals surface area contributed by atoms with Crippen LogP contribution in [0.25, 0.3) is 0 Å². The molecule has 0 saturated heterocycles. The smallest absolute Gasteiger partial charge is 0.336 e. The van der Waals surface area contributed by atoms with Crippen molar-refractivity contribution in [3.63, 3.8) is 0 Å². The summed E-state index contributed by atoms with van der Waals surface area (Å²) in [6.07, 6.45) is 4.29. The molecule has 196 valence electrons. The minimum atomic E-state index is -4.05. The molecule has 1 aliphatic heterocycles. The van der Waals surface area contributed by atoms with E-state index in [1.165, 1.54) is 17.8 Å². The van der Waals surface area contributed by atoms with Crippen LogP contribution < -0.4 is 9.64 Å². The highest BCUT2D eigenvalue weighted by Crippen LogP contribution is 2.42. The van der Waals surface area contributed by atoms with Crippen LogP contribution in [0.2, 0.25) is 0 Å². The molecule has 7 nitrogen and oxygen atoms in total. The van der Waals surface area contributed by atoms with E-state index in [0.717, 1.165) is 24.1 Å². The number of hydrogen-bond acceptors (Lipinski definition) is 6. The van der Waals surface area contributed by atoms with E-state index in [0.29, 0.717) is 29.3 Å². The summed E-state index contributed by atoms with van der Waals surface area (Å²) in [5, 5.41) is 9.89. The summed E-state index contributed by atoms with van der Waals surface area (Å²) in [5.41, 5.74) is 2.18. The first-order valence-corrected chi connectivity index (χ1v) is 14.9. The number of para-hydroxylation sites is 1. The number of carboxylic acid groups (broad SMARTS) is 1. The third-order valence-electron chi connectivity index (χ3n) is 6.65. The standard InChI is InChI=1S/C28H32N2O5S2/c1-4-5-9-22-19-29(21-10-7-6-8-11-21)25-17-26(36-3)24(28(31)32)16-27(25)37(33,34)30(22)18-20-12-14-23(35-2)15-13-20/h6-8,10-17,22H,4-5,9,18-19H2,1-3H3,(H,31,32)/t22-/m1/s1. The summed E-state index contributed by atoms with van der Waals surface area (Å²) in [7, 11) is -2.46. The van der Waals surface area contributed by atoms with E-state index in [-0.39, 0.29) is 23.0 Å². The molecule has 1 aliphatic rings. The molecule has 1 N–H and O–H groups in total. The van der Waals surface area contributed by atoms with Crippen molar-refractivity contribution in [3.8, 4) is 5.75 Å². The predicted octanol–water partition coefficient (Wildman–Crippen LogP) is 6.02. The van der Waals surface area contributed by atoms with Crippen molar-refractivity contribution in [3.05, 3.63) is 77.9 Å². The van der Waals surface area contributed by atoms with Crippen molar-refractivity contribution in [1.82, 2.24) is 4.31 Å². The Balaban J connectivity index is 1.93. The van der Waals surface area contributed by atoms with Crippen LogP contribution in [-0.4, -0.2) is 49.8 Å². The van der Waals surface area contributed by atoms with E-state index in [9.17, 15) is 18.3 Å². The van der Waals surface area contributed by atoms with Crippen LogP contribution in [-0.2, 0) is 16.6 Å². The number of aromatic carboxylic acids is 1. The Kier molecular flexibility index (Phi) is 8.46. The van der Waals surface area contributed by atoms with Crippen LogP contribution in [0.15, 0.2) is 76.5 Å². The van der Waals surface area contributed by atoms with Crippen LogP contribution in [0.3, 0.4) is 0 Å². The minimum Gasteiger partial charge on any atom is -0.497 e. The van der Waals surface area contributed by atoms with Gasteiger partial charge >= 0.3 is 5.97 Å². The highest BCUT2D eigenvalue weighted by Gasteiger charge is 2.40. The number of methoxy groups -OCH3 is 1. The van der Waals surface area contributed by atoms with Crippen molar-refractivity contribution in [2.24, 2.45) is 0 Å². The van der Waals surface area contributed by atoms with E-state index >= 15 is 0 Å². The number of anilines is 2. The Morgan fingerprint density at radius 2 is 1.81 bits per heavy atom. The summed E-state index contributed by atoms with van der Waals surface area (Å²) in [6.45, 7) is 2.72. The molecular weight excluding hydrogens is 508 g/mol. The van der Waals surface area contributed by atoms with Gasteiger partial charge in [0.2, 0.25) is 10.0 Å². The molecule has 0 aromatic heterocycles. The average Bonchev–Trinajstić information content (AvgIpc) is 3.00. The van der Waals surface area contributed by atoms with Crippen LogP contribution >= 0.6 is 11.8 Å². The lowest BCUT2D eigenvalue weighted by Gasteiger charge is -2.31. The van der Waals surface area contributed by atoms with Gasteiger partial charge in [-0.3, -0.25) is 0 Å². The summed E-state index contributed by atoms with van der Waals surface area (Å²) in [6, 6.07) is 19.8. The quantitative estimate of drug-likeness (QED) is 0.332. The zero-order valence-electron chi connectivity index (χ0n) is 21.3. The average molecular weight is 541 g/mol. The highest BCUT2D eigenvalue weighted by molar-refractivity contribution is 7.98. The Morgan fingerprint density at radius 1 is 1.11 bits per heavy atom. The molecule has 37 heavy (non-hydrogen) atoms. The van der Waals surface area contributed by atoms with Crippen LogP contribution in [0.1, 0.15) is 42.1 Å². The molecule has 0 saturated carbocycles. The van der Waals surface area contributed by atoms with Crippen LogP contribution in [0, 0.1) is 0 Å². The predicted molar refractivity (Wildman–Crippen MR) is 148 cm³/mol. The maximum absolute atomic E-state index is 14.4. The second-order valence-electron chi connectivity index (χ2n) is 8.97. The number of hydrogen-bond donors (Lipinski definition) is 1. The molecule has 0 amide bonds. The van der Waals surface area contributed by atoms with Gasteiger partial charge in [-0.05, 0) is 54.6 Å². The number of sulfonamides is 1. The van der Waals surface area contributed by atoms with Gasteiger partial charge in [0.15, 0.2) is 0 Å². The van der Waals surface area contributed by atoms with Crippen molar-refractivity contribution in [2.45, 2.75) is 48.6 Å². The largest absolute Gasteiger partial charge is 0.497 e. The van der Waals surface area contributed by atoms with Crippen molar-refractivity contribution in [2.75, 3.05) is 24.8 Å². The van der Waals surface area contributed by atoms with Crippen molar-refractivity contribution >= 4 is 39.1 Å². The Labute approximate surface area is 223 Å². The molecule has 4 rings (SSSR count). The van der Waals surface area contributed by atoms with Gasteiger partial charge < -0.3 is 14.7 Å². The number of nitrogens with zero attached hydrogens (tertiary/aromatic N) is 2. The second-order valence-corrected chi connectivity index (χ2v) is 11.7. The normalized spacial score (nSPS) is 17.2. The molecule has 0 bridgehead atoms. The second kappa shape index (κ2) is 11.6. The number of rotatable bonds is 9. The van der Waals surface area contributed by atoms with Crippen LogP contribution in [0.4, 0.5) is 11.4 Å². The zero-order chi connectivity index (χ0) is 26.6. The van der Waals surface area contributed by atoms with Gasteiger partial charge in [0.1, 0.15) is 10.6 Å². The number of carboxylic acids is 1. The molecule has 9 heteroatoms. The Hall–Kier alpha value is -3.01. The molecule has 3 aromatic rings. The monoisotopic (exact) mass is 540 g/mol. The first-order chi connectivity index (χ1) is 17.8. The lowest BCUT2D eigenvalue weighted by Crippen LogP contribution is -2.43. The lowest BCUT2D eigenvalue weighted by atomic mass is 10.1. The third kappa shape index (κ3) is 5.63. The molecular formula is C28H32N2O5S2. The van der Waals surface area contributed by atoms with Gasteiger partial charge in [-0.1, -0.05) is 50.1 Å². The van der Waals surface area contributed by atoms with Gasteiger partial charge in [-0.25, -0.2) is 13.2 Å². The number of benzene rings is 3. The fraction of sp³-hybridized carbons (Fsp3) is 0.321. The topological polar surface area (TPSA) is 87.2 Å². The number of fused-ring (bicyclic) bond motifs is 1. The van der Waals surface area contributed by atoms with Crippen molar-refractivity contribution in [1.29, 1.82) is 0 Å². The SMILES string of the molecule is CCCC[C@@H]1CN(c2ccccc2)c2cc(SC)c(C(=O)O)cc2S(=O)(=O)N1Cc1ccc(OC)cc1. The molecule has 0 radical (unpaired) electrons. The van der Waals surface area contributed by atoms with E-state index in [4.69, 9.17) is 4.74 Å². The molecule has 0 fully saturated rings. The molecule has 0 aliphatic carbocycles. The third-order valence-corrected chi connectivity index (χ3v) is 9.35. The molecule has 1 heterocycles. The summed E-state index contributed by atoms with van der Waals surface area (Å²) in [5.74, 6) is -0.455. The van der Waals surface area contributed by atoms with E-state index < -0.39 is 16.0 Å². The van der Waals surface area contributed by atoms with Crippen molar-refractivity contribution < 1.29 is 23.1 Å². The number of ether oxygens (including phenoxy) is 1. The van der Waals surface area contributed by atoms with Gasteiger partial charge in [0.25, 0.3) is 0 Å².